The fraction of sp³-hybridized carbons (Fsp3) is 0.889. The van der Waals surface area contributed by atoms with Gasteiger partial charge in [-0.2, -0.15) is 0 Å². The van der Waals surface area contributed by atoms with Gasteiger partial charge in [0, 0.05) is 45.3 Å². The van der Waals surface area contributed by atoms with Gasteiger partial charge in [0.15, 0.2) is 5.96 Å². The summed E-state index contributed by atoms with van der Waals surface area (Å²) in [6.07, 6.45) is 3.09. The Morgan fingerprint density at radius 1 is 1.26 bits per heavy atom. The van der Waals surface area contributed by atoms with Crippen LogP contribution in [0.3, 0.4) is 0 Å². The molecule has 0 saturated carbocycles. The molecule has 0 spiro atoms. The molecule has 0 aromatic carbocycles. The van der Waals surface area contributed by atoms with E-state index in [-0.39, 0.29) is 36.1 Å². The molecule has 0 aromatic rings. The molecule has 2 atom stereocenters. The van der Waals surface area contributed by atoms with Gasteiger partial charge in [-0.3, -0.25) is 9.89 Å². The van der Waals surface area contributed by atoms with E-state index in [0.29, 0.717) is 37.9 Å². The monoisotopic (exact) mass is 497 g/mol. The lowest BCUT2D eigenvalue weighted by atomic mass is 10.1. The van der Waals surface area contributed by atoms with Crippen LogP contribution in [0.2, 0.25) is 0 Å². The minimum absolute atomic E-state index is 0. The number of nitrogens with two attached hydrogens (primary N) is 1. The van der Waals surface area contributed by atoms with Gasteiger partial charge in [-0.05, 0) is 40.0 Å². The molecule has 2 aliphatic rings. The largest absolute Gasteiger partial charge is 0.450 e. The van der Waals surface area contributed by atoms with E-state index in [1.807, 2.05) is 6.92 Å². The number of morpholine rings is 1. The molecule has 1 amide bonds. The molecule has 2 rings (SSSR count). The van der Waals surface area contributed by atoms with E-state index in [4.69, 9.17) is 15.2 Å². The van der Waals surface area contributed by atoms with Crippen LogP contribution in [0.15, 0.2) is 4.99 Å². The Bertz CT molecular complexity index is 462. The summed E-state index contributed by atoms with van der Waals surface area (Å²) in [5.41, 5.74) is 6.01. The van der Waals surface area contributed by atoms with Gasteiger partial charge >= 0.3 is 6.09 Å². The molecule has 2 saturated heterocycles. The quantitative estimate of drug-likeness (QED) is 0.251. The average Bonchev–Trinajstić information content (AvgIpc) is 2.59. The van der Waals surface area contributed by atoms with Crippen LogP contribution in [0.25, 0.3) is 0 Å². The molecule has 2 fully saturated rings. The lowest BCUT2D eigenvalue weighted by Crippen LogP contribution is -2.48. The smallest absolute Gasteiger partial charge is 0.409 e. The second-order valence-electron chi connectivity index (χ2n) is 7.24. The van der Waals surface area contributed by atoms with E-state index in [1.54, 1.807) is 4.90 Å². The summed E-state index contributed by atoms with van der Waals surface area (Å²) in [6, 6.07) is 0.269. The average molecular weight is 497 g/mol. The summed E-state index contributed by atoms with van der Waals surface area (Å²) in [5, 5.41) is 3.28. The maximum atomic E-state index is 11.7. The first-order chi connectivity index (χ1) is 12.5. The first-order valence-electron chi connectivity index (χ1n) is 9.84. The van der Waals surface area contributed by atoms with Crippen LogP contribution >= 0.6 is 24.0 Å². The highest BCUT2D eigenvalue weighted by molar-refractivity contribution is 14.0. The summed E-state index contributed by atoms with van der Waals surface area (Å²) in [5.74, 6) is 0.503. The van der Waals surface area contributed by atoms with Crippen molar-refractivity contribution in [2.45, 2.75) is 58.3 Å². The van der Waals surface area contributed by atoms with Gasteiger partial charge < -0.3 is 25.4 Å². The number of aliphatic imine (C=N–C) groups is 1. The fourth-order valence-electron chi connectivity index (χ4n) is 3.64. The number of nitrogens with one attached hydrogen (secondary N) is 1. The number of amides is 1. The van der Waals surface area contributed by atoms with Gasteiger partial charge in [0.1, 0.15) is 0 Å². The van der Waals surface area contributed by atoms with E-state index < -0.39 is 0 Å². The van der Waals surface area contributed by atoms with Crippen LogP contribution in [0.4, 0.5) is 4.79 Å². The fourth-order valence-corrected chi connectivity index (χ4v) is 3.64. The summed E-state index contributed by atoms with van der Waals surface area (Å²) in [6.45, 7) is 11.6. The Labute approximate surface area is 180 Å². The molecule has 0 radical (unpaired) electrons. The maximum absolute atomic E-state index is 11.7. The molecule has 2 unspecified atom stereocenters. The third-order valence-corrected chi connectivity index (χ3v) is 4.78. The van der Waals surface area contributed by atoms with E-state index in [2.05, 4.69) is 29.1 Å². The minimum atomic E-state index is -0.223. The second-order valence-corrected chi connectivity index (χ2v) is 7.24. The van der Waals surface area contributed by atoms with Crippen molar-refractivity contribution in [3.05, 3.63) is 0 Å². The minimum Gasteiger partial charge on any atom is -0.450 e. The molecule has 8 nitrogen and oxygen atoms in total. The van der Waals surface area contributed by atoms with Crippen molar-refractivity contribution >= 4 is 36.0 Å². The first kappa shape index (κ1) is 24.2. The van der Waals surface area contributed by atoms with E-state index in [9.17, 15) is 4.79 Å². The van der Waals surface area contributed by atoms with Crippen molar-refractivity contribution in [2.75, 3.05) is 45.9 Å². The highest BCUT2D eigenvalue weighted by atomic mass is 127. The van der Waals surface area contributed by atoms with Gasteiger partial charge in [0.2, 0.25) is 0 Å². The van der Waals surface area contributed by atoms with Crippen molar-refractivity contribution in [3.63, 3.8) is 0 Å². The number of piperidine rings is 1. The summed E-state index contributed by atoms with van der Waals surface area (Å²) < 4.78 is 10.8. The number of halogens is 1. The van der Waals surface area contributed by atoms with Gasteiger partial charge in [-0.15, -0.1) is 24.0 Å². The number of rotatable bonds is 6. The molecule has 0 aromatic heterocycles. The topological polar surface area (TPSA) is 92.4 Å². The van der Waals surface area contributed by atoms with Crippen molar-refractivity contribution in [2.24, 2.45) is 10.7 Å². The number of ether oxygens (including phenoxy) is 2. The van der Waals surface area contributed by atoms with Crippen molar-refractivity contribution in [1.82, 2.24) is 15.1 Å². The zero-order chi connectivity index (χ0) is 18.9. The van der Waals surface area contributed by atoms with Gasteiger partial charge in [0.05, 0.1) is 18.8 Å². The molecule has 0 bridgehead atoms. The van der Waals surface area contributed by atoms with E-state index >= 15 is 0 Å². The molecule has 2 heterocycles. The Balaban J connectivity index is 0.00000364. The standard InChI is InChI=1S/C18H35N5O3.HI/c1-4-25-18(24)23-10-6-16(7-11-23)21-17(19)20-8-5-9-22-12-14(2)26-15(3)13-22;/h14-16H,4-13H2,1-3H3,(H3,19,20,21);1H. The number of likely N-dealkylation sites (tertiary alicyclic amines) is 1. The van der Waals surface area contributed by atoms with Crippen molar-refractivity contribution < 1.29 is 14.3 Å². The summed E-state index contributed by atoms with van der Waals surface area (Å²) in [4.78, 5) is 20.3. The van der Waals surface area contributed by atoms with E-state index in [1.165, 1.54) is 0 Å². The van der Waals surface area contributed by atoms with Crippen LogP contribution in [-0.4, -0.2) is 86.0 Å². The summed E-state index contributed by atoms with van der Waals surface area (Å²) >= 11 is 0. The SMILES string of the molecule is CCOC(=O)N1CCC(NC(N)=NCCCN2CC(C)OC(C)C2)CC1.I. The zero-order valence-corrected chi connectivity index (χ0v) is 19.2. The molecular weight excluding hydrogens is 461 g/mol. The number of guanidine groups is 1. The molecule has 3 N–H and O–H groups in total. The number of hydrogen-bond acceptors (Lipinski definition) is 5. The Morgan fingerprint density at radius 2 is 1.89 bits per heavy atom. The molecule has 158 valence electrons. The third-order valence-electron chi connectivity index (χ3n) is 4.78. The van der Waals surface area contributed by atoms with Crippen molar-refractivity contribution in [3.8, 4) is 0 Å². The first-order valence-corrected chi connectivity index (χ1v) is 9.84. The van der Waals surface area contributed by atoms with Crippen LogP contribution in [0.1, 0.15) is 40.0 Å². The van der Waals surface area contributed by atoms with Crippen LogP contribution in [0, 0.1) is 0 Å². The zero-order valence-electron chi connectivity index (χ0n) is 16.9. The van der Waals surface area contributed by atoms with Crippen molar-refractivity contribution in [1.29, 1.82) is 0 Å². The normalized spacial score (nSPS) is 25.0. The molecule has 0 aliphatic carbocycles. The van der Waals surface area contributed by atoms with Gasteiger partial charge in [-0.25, -0.2) is 4.79 Å². The van der Waals surface area contributed by atoms with Crippen LogP contribution in [-0.2, 0) is 9.47 Å². The lowest BCUT2D eigenvalue weighted by molar-refractivity contribution is -0.0679. The third kappa shape index (κ3) is 8.82. The highest BCUT2D eigenvalue weighted by Gasteiger charge is 2.24. The summed E-state index contributed by atoms with van der Waals surface area (Å²) in [7, 11) is 0. The molecule has 27 heavy (non-hydrogen) atoms. The predicted molar refractivity (Wildman–Crippen MR) is 118 cm³/mol. The number of hydrogen-bond donors (Lipinski definition) is 2. The maximum Gasteiger partial charge on any atom is 0.409 e. The van der Waals surface area contributed by atoms with E-state index in [0.717, 1.165) is 45.4 Å². The predicted octanol–water partition coefficient (Wildman–Crippen LogP) is 1.63. The number of carbonyl (C=O) groups is 1. The Morgan fingerprint density at radius 3 is 2.48 bits per heavy atom. The lowest BCUT2D eigenvalue weighted by Gasteiger charge is -2.35. The van der Waals surface area contributed by atoms with Gasteiger partial charge in [-0.1, -0.05) is 0 Å². The van der Waals surface area contributed by atoms with Gasteiger partial charge in [0.25, 0.3) is 0 Å². The van der Waals surface area contributed by atoms with Crippen LogP contribution in [0.5, 0.6) is 0 Å². The Hall–Kier alpha value is -0.810. The second kappa shape index (κ2) is 12.6. The number of carbonyl (C=O) groups excluding carboxylic acids is 1. The number of nitrogens with zero attached hydrogens (tertiary/aromatic N) is 3. The molecule has 2 aliphatic heterocycles. The Kier molecular flexibility index (Phi) is 11.3. The molecule has 9 heteroatoms. The molecular formula is C18H36IN5O3. The van der Waals surface area contributed by atoms with Crippen LogP contribution < -0.4 is 11.1 Å². The highest BCUT2D eigenvalue weighted by Crippen LogP contribution is 2.12.